The van der Waals surface area contributed by atoms with Crippen LogP contribution < -0.4 is 10.1 Å². The summed E-state index contributed by atoms with van der Waals surface area (Å²) < 4.78 is 44.7. The molecule has 4 rings (SSSR count). The summed E-state index contributed by atoms with van der Waals surface area (Å²) in [5, 5.41) is 2.26. The number of anilines is 1. The van der Waals surface area contributed by atoms with Gasteiger partial charge in [-0.25, -0.2) is 0 Å². The van der Waals surface area contributed by atoms with Gasteiger partial charge in [0.15, 0.2) is 6.61 Å². The third-order valence-corrected chi connectivity index (χ3v) is 6.38. The number of rotatable bonds is 7. The monoisotopic (exact) mass is 513 g/mol. The van der Waals surface area contributed by atoms with Gasteiger partial charge in [0, 0.05) is 38.3 Å². The predicted octanol–water partition coefficient (Wildman–Crippen LogP) is 5.22. The Morgan fingerprint density at radius 1 is 0.889 bits per heavy atom. The number of nitrogens with one attached hydrogen (secondary N) is 1. The maximum Gasteiger partial charge on any atom is 0.418 e. The van der Waals surface area contributed by atoms with E-state index in [1.165, 1.54) is 23.8 Å². The molecule has 0 bridgehead atoms. The van der Waals surface area contributed by atoms with Crippen molar-refractivity contribution in [1.29, 1.82) is 0 Å². The summed E-state index contributed by atoms with van der Waals surface area (Å²) in [7, 11) is 0. The van der Waals surface area contributed by atoms with E-state index in [0.29, 0.717) is 5.75 Å². The van der Waals surface area contributed by atoms with Crippen molar-refractivity contribution in [2.75, 3.05) is 38.1 Å². The summed E-state index contributed by atoms with van der Waals surface area (Å²) in [5.41, 5.74) is 0.958. The van der Waals surface area contributed by atoms with E-state index in [0.717, 1.165) is 49.3 Å². The van der Waals surface area contributed by atoms with E-state index in [9.17, 15) is 18.0 Å². The van der Waals surface area contributed by atoms with Gasteiger partial charge in [0.2, 0.25) is 0 Å². The van der Waals surface area contributed by atoms with Gasteiger partial charge in [-0.3, -0.25) is 9.69 Å². The summed E-state index contributed by atoms with van der Waals surface area (Å²) in [6.45, 7) is 4.01. The van der Waals surface area contributed by atoms with E-state index >= 15 is 0 Å². The smallest absolute Gasteiger partial charge is 0.418 e. The van der Waals surface area contributed by atoms with E-state index in [2.05, 4.69) is 27.2 Å². The van der Waals surface area contributed by atoms with E-state index in [4.69, 9.17) is 17.0 Å². The predicted molar refractivity (Wildman–Crippen MR) is 137 cm³/mol. The molecule has 0 unspecified atom stereocenters. The quantitative estimate of drug-likeness (QED) is 0.439. The Morgan fingerprint density at radius 2 is 1.53 bits per heavy atom. The van der Waals surface area contributed by atoms with Crippen LogP contribution in [0.5, 0.6) is 5.75 Å². The molecular formula is C27H26F3N3O2S. The maximum atomic E-state index is 13.1. The Bertz CT molecular complexity index is 1180. The van der Waals surface area contributed by atoms with Crippen LogP contribution in [0.4, 0.5) is 18.9 Å². The molecule has 1 fully saturated rings. The van der Waals surface area contributed by atoms with Crippen LogP contribution in [0.25, 0.3) is 0 Å². The molecule has 1 heterocycles. The lowest BCUT2D eigenvalue weighted by atomic mass is 10.1. The zero-order valence-electron chi connectivity index (χ0n) is 19.5. The lowest BCUT2D eigenvalue weighted by Gasteiger charge is -2.36. The number of hydrogen-bond acceptors (Lipinski definition) is 4. The SMILES string of the molecule is O=C(COc1ccc(C(=S)N2CCN(Cc3ccccc3)CC2)cc1)Nc1ccccc1C(F)(F)F. The van der Waals surface area contributed by atoms with Gasteiger partial charge >= 0.3 is 6.18 Å². The van der Waals surface area contributed by atoms with Crippen LogP contribution in [0.15, 0.2) is 78.9 Å². The zero-order valence-corrected chi connectivity index (χ0v) is 20.3. The van der Waals surface area contributed by atoms with Crippen molar-refractivity contribution in [2.45, 2.75) is 12.7 Å². The number of para-hydroxylation sites is 1. The molecule has 1 amide bonds. The third-order valence-electron chi connectivity index (χ3n) is 5.89. The third kappa shape index (κ3) is 6.83. The van der Waals surface area contributed by atoms with Gasteiger partial charge in [0.25, 0.3) is 5.91 Å². The number of carbonyl (C=O) groups is 1. The molecule has 0 aromatic heterocycles. The Hall–Kier alpha value is -3.43. The molecule has 0 saturated carbocycles. The van der Waals surface area contributed by atoms with E-state index < -0.39 is 24.3 Å². The van der Waals surface area contributed by atoms with E-state index in [1.807, 2.05) is 30.3 Å². The number of alkyl halides is 3. The summed E-state index contributed by atoms with van der Waals surface area (Å²) >= 11 is 5.68. The van der Waals surface area contributed by atoms with Gasteiger partial charge in [-0.2, -0.15) is 13.2 Å². The van der Waals surface area contributed by atoms with Gasteiger partial charge in [-0.1, -0.05) is 54.7 Å². The number of carbonyl (C=O) groups excluding carboxylic acids is 1. The molecule has 0 radical (unpaired) electrons. The number of ether oxygens (including phenoxy) is 1. The highest BCUT2D eigenvalue weighted by Gasteiger charge is 2.33. The molecule has 36 heavy (non-hydrogen) atoms. The molecule has 188 valence electrons. The number of thiocarbonyl (C=S) groups is 1. The van der Waals surface area contributed by atoms with Gasteiger partial charge in [-0.05, 0) is 42.0 Å². The van der Waals surface area contributed by atoms with Gasteiger partial charge < -0.3 is 15.0 Å². The van der Waals surface area contributed by atoms with Crippen molar-refractivity contribution >= 4 is 28.8 Å². The van der Waals surface area contributed by atoms with Crippen LogP contribution in [0, 0.1) is 0 Å². The van der Waals surface area contributed by atoms with Crippen LogP contribution in [-0.4, -0.2) is 53.5 Å². The van der Waals surface area contributed by atoms with Crippen LogP contribution in [0.3, 0.4) is 0 Å². The Balaban J connectivity index is 1.25. The molecule has 3 aromatic rings. The Kier molecular flexibility index (Phi) is 8.22. The summed E-state index contributed by atoms with van der Waals surface area (Å²) in [6.07, 6.45) is -4.56. The van der Waals surface area contributed by atoms with Crippen LogP contribution in [0.1, 0.15) is 16.7 Å². The number of halogens is 3. The summed E-state index contributed by atoms with van der Waals surface area (Å²) in [6, 6.07) is 22.2. The lowest BCUT2D eigenvalue weighted by Crippen LogP contribution is -2.47. The normalized spacial score (nSPS) is 14.4. The molecule has 3 aromatic carbocycles. The molecular weight excluding hydrogens is 487 g/mol. The number of piperazine rings is 1. The molecule has 1 aliphatic heterocycles. The van der Waals surface area contributed by atoms with Gasteiger partial charge in [-0.15, -0.1) is 0 Å². The van der Waals surface area contributed by atoms with Crippen molar-refractivity contribution in [2.24, 2.45) is 0 Å². The maximum absolute atomic E-state index is 13.1. The van der Waals surface area contributed by atoms with Crippen LogP contribution in [-0.2, 0) is 17.5 Å². The highest BCUT2D eigenvalue weighted by molar-refractivity contribution is 7.80. The Morgan fingerprint density at radius 3 is 2.19 bits per heavy atom. The average molecular weight is 514 g/mol. The van der Waals surface area contributed by atoms with E-state index in [1.54, 1.807) is 12.1 Å². The number of amides is 1. The molecule has 0 aliphatic carbocycles. The standard InChI is InChI=1S/C27H26F3N3O2S/c28-27(29,30)23-8-4-5-9-24(23)31-25(34)19-35-22-12-10-21(11-13-22)26(36)33-16-14-32(15-17-33)18-20-6-2-1-3-7-20/h1-13H,14-19H2,(H,31,34). The average Bonchev–Trinajstić information content (AvgIpc) is 2.88. The lowest BCUT2D eigenvalue weighted by molar-refractivity contribution is -0.137. The first-order chi connectivity index (χ1) is 17.3. The number of benzene rings is 3. The minimum absolute atomic E-state index is 0.303. The minimum atomic E-state index is -4.56. The van der Waals surface area contributed by atoms with Crippen molar-refractivity contribution in [1.82, 2.24) is 9.80 Å². The first-order valence-corrected chi connectivity index (χ1v) is 11.9. The fourth-order valence-corrected chi connectivity index (χ4v) is 4.32. The molecule has 0 atom stereocenters. The Labute approximate surface area is 213 Å². The molecule has 1 aliphatic rings. The minimum Gasteiger partial charge on any atom is -0.484 e. The zero-order chi connectivity index (χ0) is 25.5. The van der Waals surface area contributed by atoms with E-state index in [-0.39, 0.29) is 5.69 Å². The van der Waals surface area contributed by atoms with Gasteiger partial charge in [0.1, 0.15) is 10.7 Å². The fourth-order valence-electron chi connectivity index (χ4n) is 4.00. The second-order valence-electron chi connectivity index (χ2n) is 8.46. The largest absolute Gasteiger partial charge is 0.484 e. The second kappa shape index (κ2) is 11.5. The highest BCUT2D eigenvalue weighted by Crippen LogP contribution is 2.34. The fraction of sp³-hybridized carbons (Fsp3) is 0.259. The van der Waals surface area contributed by atoms with Gasteiger partial charge in [0.05, 0.1) is 11.3 Å². The first-order valence-electron chi connectivity index (χ1n) is 11.5. The van der Waals surface area contributed by atoms with Crippen molar-refractivity contribution in [3.63, 3.8) is 0 Å². The van der Waals surface area contributed by atoms with Crippen LogP contribution in [0.2, 0.25) is 0 Å². The topological polar surface area (TPSA) is 44.8 Å². The van der Waals surface area contributed by atoms with Crippen LogP contribution >= 0.6 is 12.2 Å². The highest BCUT2D eigenvalue weighted by atomic mass is 32.1. The number of hydrogen-bond donors (Lipinski definition) is 1. The van der Waals surface area contributed by atoms with Crippen molar-refractivity contribution < 1.29 is 22.7 Å². The van der Waals surface area contributed by atoms with Crippen molar-refractivity contribution in [3.8, 4) is 5.75 Å². The molecule has 0 spiro atoms. The molecule has 1 N–H and O–H groups in total. The molecule has 9 heteroatoms. The second-order valence-corrected chi connectivity index (χ2v) is 8.85. The summed E-state index contributed by atoms with van der Waals surface area (Å²) in [5.74, 6) is -0.256. The first kappa shape index (κ1) is 25.7. The summed E-state index contributed by atoms with van der Waals surface area (Å²) in [4.78, 5) is 17.5. The molecule has 1 saturated heterocycles. The number of nitrogens with zero attached hydrogens (tertiary/aromatic N) is 2. The molecule has 5 nitrogen and oxygen atoms in total. The van der Waals surface area contributed by atoms with Crippen molar-refractivity contribution in [3.05, 3.63) is 95.6 Å².